The lowest BCUT2D eigenvalue weighted by atomic mass is 9.89. The van der Waals surface area contributed by atoms with Gasteiger partial charge < -0.3 is 30.7 Å². The van der Waals surface area contributed by atoms with E-state index in [2.05, 4.69) is 16.0 Å². The van der Waals surface area contributed by atoms with E-state index in [9.17, 15) is 24.3 Å². The van der Waals surface area contributed by atoms with Crippen LogP contribution in [0.25, 0.3) is 0 Å². The third-order valence-electron chi connectivity index (χ3n) is 5.77. The maximum atomic E-state index is 12.7. The highest BCUT2D eigenvalue weighted by Crippen LogP contribution is 2.19. The minimum Gasteiger partial charge on any atom is -0.445 e. The number of rotatable bonds is 12. The van der Waals surface area contributed by atoms with Gasteiger partial charge in [-0.2, -0.15) is 0 Å². The number of amides is 4. The van der Waals surface area contributed by atoms with Gasteiger partial charge in [-0.15, -0.1) is 0 Å². The minimum absolute atomic E-state index is 0.0333. The van der Waals surface area contributed by atoms with E-state index in [0.717, 1.165) is 5.56 Å². The molecular formula is C27H36N4O6. The summed E-state index contributed by atoms with van der Waals surface area (Å²) in [4.78, 5) is 51.7. The van der Waals surface area contributed by atoms with Crippen molar-refractivity contribution in [1.29, 1.82) is 0 Å². The molecule has 0 fully saturated rings. The summed E-state index contributed by atoms with van der Waals surface area (Å²) in [6, 6.07) is 16.9. The number of aliphatic hydroxyl groups is 1. The lowest BCUT2D eigenvalue weighted by Gasteiger charge is -2.34. The van der Waals surface area contributed by atoms with Crippen LogP contribution in [0.5, 0.6) is 0 Å². The van der Waals surface area contributed by atoms with Gasteiger partial charge in [-0.05, 0) is 24.5 Å². The topological polar surface area (TPSA) is 137 Å². The van der Waals surface area contributed by atoms with Gasteiger partial charge in [0.25, 0.3) is 5.91 Å². The fourth-order valence-corrected chi connectivity index (χ4v) is 3.74. The summed E-state index contributed by atoms with van der Waals surface area (Å²) < 4.78 is 5.23. The fraction of sp³-hybridized carbons (Fsp3) is 0.407. The van der Waals surface area contributed by atoms with Crippen molar-refractivity contribution in [2.45, 2.75) is 51.0 Å². The summed E-state index contributed by atoms with van der Waals surface area (Å²) in [6.45, 7) is 2.94. The first-order valence-corrected chi connectivity index (χ1v) is 12.1. The first-order chi connectivity index (χ1) is 17.6. The molecule has 0 spiro atoms. The SMILES string of the molecule is CCCC(C)(NC(=O)OCc1ccccc1)C(O)C(=O)NCC(=O)N[C@H](C(=O)N(C)C)c1ccccc1. The smallest absolute Gasteiger partial charge is 0.407 e. The molecule has 4 N–H and O–H groups in total. The Kier molecular flexibility index (Phi) is 11.1. The van der Waals surface area contributed by atoms with Crippen molar-refractivity contribution in [3.05, 3.63) is 71.8 Å². The van der Waals surface area contributed by atoms with Crippen LogP contribution in [0.15, 0.2) is 60.7 Å². The number of ether oxygens (including phenoxy) is 1. The fourth-order valence-electron chi connectivity index (χ4n) is 3.74. The van der Waals surface area contributed by atoms with Crippen LogP contribution in [0.4, 0.5) is 4.79 Å². The number of carbonyl (C=O) groups excluding carboxylic acids is 4. The quantitative estimate of drug-likeness (QED) is 0.343. The number of hydrogen-bond acceptors (Lipinski definition) is 6. The highest BCUT2D eigenvalue weighted by Gasteiger charge is 2.39. The molecule has 0 radical (unpaired) electrons. The number of nitrogens with one attached hydrogen (secondary N) is 3. The van der Waals surface area contributed by atoms with Crippen LogP contribution >= 0.6 is 0 Å². The van der Waals surface area contributed by atoms with Gasteiger partial charge in [0.2, 0.25) is 11.8 Å². The summed E-state index contributed by atoms with van der Waals surface area (Å²) in [6.07, 6.45) is -1.59. The van der Waals surface area contributed by atoms with Gasteiger partial charge in [-0.3, -0.25) is 14.4 Å². The van der Waals surface area contributed by atoms with Gasteiger partial charge in [0.05, 0.1) is 12.1 Å². The molecule has 200 valence electrons. The minimum atomic E-state index is -1.65. The molecule has 0 heterocycles. The first-order valence-electron chi connectivity index (χ1n) is 12.1. The molecule has 0 aliphatic rings. The van der Waals surface area contributed by atoms with E-state index in [1.54, 1.807) is 56.6 Å². The van der Waals surface area contributed by atoms with Crippen molar-refractivity contribution in [2.24, 2.45) is 0 Å². The van der Waals surface area contributed by atoms with Crippen molar-refractivity contribution < 1.29 is 29.0 Å². The zero-order valence-corrected chi connectivity index (χ0v) is 21.7. The van der Waals surface area contributed by atoms with E-state index in [1.807, 2.05) is 25.1 Å². The summed E-state index contributed by atoms with van der Waals surface area (Å²) >= 11 is 0. The Morgan fingerprint density at radius 2 is 1.59 bits per heavy atom. The van der Waals surface area contributed by atoms with E-state index >= 15 is 0 Å². The molecule has 2 aromatic rings. The largest absolute Gasteiger partial charge is 0.445 e. The molecule has 3 atom stereocenters. The maximum absolute atomic E-state index is 12.7. The molecule has 0 bridgehead atoms. The Hall–Kier alpha value is -3.92. The zero-order chi connectivity index (χ0) is 27.4. The van der Waals surface area contributed by atoms with Crippen LogP contribution in [0.2, 0.25) is 0 Å². The molecule has 2 aromatic carbocycles. The lowest BCUT2D eigenvalue weighted by molar-refractivity contribution is -0.136. The van der Waals surface area contributed by atoms with Crippen molar-refractivity contribution in [3.8, 4) is 0 Å². The van der Waals surface area contributed by atoms with Crippen LogP contribution in [-0.4, -0.2) is 66.1 Å². The van der Waals surface area contributed by atoms with Crippen molar-refractivity contribution in [1.82, 2.24) is 20.9 Å². The Bertz CT molecular complexity index is 1050. The van der Waals surface area contributed by atoms with Crippen LogP contribution in [0, 0.1) is 0 Å². The first kappa shape index (κ1) is 29.3. The Balaban J connectivity index is 1.97. The second-order valence-electron chi connectivity index (χ2n) is 9.12. The highest BCUT2D eigenvalue weighted by molar-refractivity contribution is 5.91. The van der Waals surface area contributed by atoms with E-state index in [-0.39, 0.29) is 18.9 Å². The van der Waals surface area contributed by atoms with Crippen LogP contribution in [0.1, 0.15) is 43.9 Å². The maximum Gasteiger partial charge on any atom is 0.407 e. The molecule has 0 aromatic heterocycles. The number of carbonyl (C=O) groups is 4. The van der Waals surface area contributed by atoms with Gasteiger partial charge in [0, 0.05) is 14.1 Å². The number of likely N-dealkylation sites (N-methyl/N-ethyl adjacent to an activating group) is 1. The van der Waals surface area contributed by atoms with Gasteiger partial charge in [0.1, 0.15) is 12.6 Å². The lowest BCUT2D eigenvalue weighted by Crippen LogP contribution is -2.60. The monoisotopic (exact) mass is 512 g/mol. The van der Waals surface area contributed by atoms with Crippen LogP contribution < -0.4 is 16.0 Å². The number of aliphatic hydroxyl groups excluding tert-OH is 1. The molecule has 37 heavy (non-hydrogen) atoms. The Labute approximate surface area is 217 Å². The number of alkyl carbamates (subject to hydrolysis) is 1. The standard InChI is InChI=1S/C27H36N4O6/c1-5-16-27(2,30-26(36)37-18-19-12-8-6-9-13-19)23(33)24(34)28-17-21(32)29-22(25(35)31(3)4)20-14-10-7-11-15-20/h6-15,22-23,33H,5,16-18H2,1-4H3,(H,28,34)(H,29,32)(H,30,36)/t22-,23?,27?/m0/s1. The van der Waals surface area contributed by atoms with Crippen molar-refractivity contribution >= 4 is 23.8 Å². The van der Waals surface area contributed by atoms with E-state index in [0.29, 0.717) is 12.0 Å². The predicted octanol–water partition coefficient (Wildman–Crippen LogP) is 1.89. The molecule has 0 aliphatic heterocycles. The average molecular weight is 513 g/mol. The average Bonchev–Trinajstić information content (AvgIpc) is 2.89. The second-order valence-corrected chi connectivity index (χ2v) is 9.12. The van der Waals surface area contributed by atoms with Gasteiger partial charge in [-0.25, -0.2) is 4.79 Å². The van der Waals surface area contributed by atoms with Crippen LogP contribution in [0.3, 0.4) is 0 Å². The molecule has 2 unspecified atom stereocenters. The third kappa shape index (κ3) is 8.91. The second kappa shape index (κ2) is 14.0. The molecule has 4 amide bonds. The summed E-state index contributed by atoms with van der Waals surface area (Å²) in [7, 11) is 3.16. The summed E-state index contributed by atoms with van der Waals surface area (Å²) in [5.74, 6) is -1.79. The van der Waals surface area contributed by atoms with E-state index < -0.39 is 42.1 Å². The molecule has 10 heteroatoms. The summed E-state index contributed by atoms with van der Waals surface area (Å²) in [5, 5.41) is 18.4. The van der Waals surface area contributed by atoms with E-state index in [1.165, 1.54) is 11.8 Å². The number of nitrogens with zero attached hydrogens (tertiary/aromatic N) is 1. The van der Waals surface area contributed by atoms with Gasteiger partial charge in [-0.1, -0.05) is 74.0 Å². The van der Waals surface area contributed by atoms with Gasteiger partial charge in [0.15, 0.2) is 6.10 Å². The molecule has 0 saturated carbocycles. The number of hydrogen-bond donors (Lipinski definition) is 4. The number of benzene rings is 2. The highest BCUT2D eigenvalue weighted by atomic mass is 16.5. The third-order valence-corrected chi connectivity index (χ3v) is 5.77. The molecule has 2 rings (SSSR count). The molecule has 0 aliphatic carbocycles. The molecular weight excluding hydrogens is 476 g/mol. The van der Waals surface area contributed by atoms with Crippen LogP contribution in [-0.2, 0) is 25.7 Å². The van der Waals surface area contributed by atoms with E-state index in [4.69, 9.17) is 4.74 Å². The predicted molar refractivity (Wildman–Crippen MR) is 138 cm³/mol. The zero-order valence-electron chi connectivity index (χ0n) is 21.7. The normalized spacial score (nSPS) is 13.9. The summed E-state index contributed by atoms with van der Waals surface area (Å²) in [5.41, 5.74) is 0.0478. The van der Waals surface area contributed by atoms with Gasteiger partial charge >= 0.3 is 6.09 Å². The Morgan fingerprint density at radius 1 is 1.00 bits per heavy atom. The van der Waals surface area contributed by atoms with Crippen molar-refractivity contribution in [2.75, 3.05) is 20.6 Å². The van der Waals surface area contributed by atoms with Crippen molar-refractivity contribution in [3.63, 3.8) is 0 Å². The molecule has 0 saturated heterocycles. The Morgan fingerprint density at radius 3 is 2.16 bits per heavy atom. The molecule has 10 nitrogen and oxygen atoms in total.